The van der Waals surface area contributed by atoms with E-state index in [1.54, 1.807) is 0 Å². The summed E-state index contributed by atoms with van der Waals surface area (Å²) in [4.78, 5) is 11.0. The summed E-state index contributed by atoms with van der Waals surface area (Å²) in [7, 11) is -2.23. The Balaban J connectivity index is 2.13. The lowest BCUT2D eigenvalue weighted by atomic mass is 10.2. The Morgan fingerprint density at radius 3 is 2.86 bits per heavy atom. The van der Waals surface area contributed by atoms with Gasteiger partial charge in [-0.3, -0.25) is 4.72 Å². The molecule has 1 aromatic rings. The fourth-order valence-corrected chi connectivity index (χ4v) is 3.49. The van der Waals surface area contributed by atoms with Gasteiger partial charge in [0.2, 0.25) is 10.0 Å². The van der Waals surface area contributed by atoms with Gasteiger partial charge in [-0.25, -0.2) is 13.2 Å². The number of hydrogen-bond donors (Lipinski definition) is 2. The summed E-state index contributed by atoms with van der Waals surface area (Å²) < 4.78 is 36.7. The second kappa shape index (κ2) is 6.31. The maximum Gasteiger partial charge on any atom is 0.339 e. The molecule has 0 amide bonds. The van der Waals surface area contributed by atoms with Gasteiger partial charge in [-0.2, -0.15) is 0 Å². The number of hydrogen-bond acceptors (Lipinski definition) is 5. The van der Waals surface area contributed by atoms with Gasteiger partial charge in [0, 0.05) is 12.7 Å². The van der Waals surface area contributed by atoms with Crippen LogP contribution >= 0.6 is 0 Å². The molecule has 116 valence electrons. The van der Waals surface area contributed by atoms with Crippen LogP contribution in [0.5, 0.6) is 5.75 Å². The maximum atomic E-state index is 12.0. The third kappa shape index (κ3) is 4.08. The predicted molar refractivity (Wildman–Crippen MR) is 76.3 cm³/mol. The molecular formula is C13H17NO6S. The number of carboxylic acids is 1. The van der Waals surface area contributed by atoms with Crippen LogP contribution in [0, 0.1) is 0 Å². The number of methoxy groups -OCH3 is 1. The molecule has 8 heteroatoms. The molecule has 0 saturated carbocycles. The molecule has 1 aliphatic heterocycles. The van der Waals surface area contributed by atoms with Crippen LogP contribution in [0.15, 0.2) is 18.2 Å². The molecule has 2 rings (SSSR count). The average Bonchev–Trinajstić information content (AvgIpc) is 2.89. The molecule has 7 nitrogen and oxygen atoms in total. The number of aromatic carboxylic acids is 1. The minimum Gasteiger partial charge on any atom is -0.496 e. The highest BCUT2D eigenvalue weighted by Gasteiger charge is 2.23. The van der Waals surface area contributed by atoms with Crippen molar-refractivity contribution in [1.82, 2.24) is 0 Å². The van der Waals surface area contributed by atoms with E-state index in [9.17, 15) is 13.2 Å². The molecule has 0 bridgehead atoms. The first-order valence-electron chi connectivity index (χ1n) is 6.45. The molecule has 1 fully saturated rings. The Morgan fingerprint density at radius 1 is 1.52 bits per heavy atom. The number of anilines is 1. The lowest BCUT2D eigenvalue weighted by molar-refractivity contribution is 0.0693. The molecule has 0 spiro atoms. The van der Waals surface area contributed by atoms with E-state index in [1.807, 2.05) is 0 Å². The van der Waals surface area contributed by atoms with Gasteiger partial charge in [-0.1, -0.05) is 0 Å². The number of nitrogens with one attached hydrogen (secondary N) is 1. The van der Waals surface area contributed by atoms with Crippen molar-refractivity contribution in [2.24, 2.45) is 0 Å². The molecule has 0 aromatic heterocycles. The van der Waals surface area contributed by atoms with Gasteiger partial charge >= 0.3 is 5.97 Å². The quantitative estimate of drug-likeness (QED) is 0.820. The zero-order valence-corrected chi connectivity index (χ0v) is 12.4. The molecule has 2 N–H and O–H groups in total. The van der Waals surface area contributed by atoms with Crippen molar-refractivity contribution in [3.63, 3.8) is 0 Å². The van der Waals surface area contributed by atoms with Gasteiger partial charge in [0.1, 0.15) is 11.3 Å². The van der Waals surface area contributed by atoms with E-state index in [-0.39, 0.29) is 28.9 Å². The molecule has 1 saturated heterocycles. The van der Waals surface area contributed by atoms with Gasteiger partial charge in [0.05, 0.1) is 24.7 Å². The summed E-state index contributed by atoms with van der Waals surface area (Å²) in [5.74, 6) is -1.16. The van der Waals surface area contributed by atoms with Gasteiger partial charge in [-0.05, 0) is 25.0 Å². The van der Waals surface area contributed by atoms with Crippen LogP contribution in [0.1, 0.15) is 23.2 Å². The molecule has 1 atom stereocenters. The number of carboxylic acid groups (broad SMARTS) is 1. The number of benzene rings is 1. The van der Waals surface area contributed by atoms with Crippen molar-refractivity contribution in [1.29, 1.82) is 0 Å². The highest BCUT2D eigenvalue weighted by molar-refractivity contribution is 7.92. The van der Waals surface area contributed by atoms with Crippen molar-refractivity contribution in [2.75, 3.05) is 24.2 Å². The summed E-state index contributed by atoms with van der Waals surface area (Å²) >= 11 is 0. The third-order valence-corrected chi connectivity index (χ3v) is 4.49. The van der Waals surface area contributed by atoms with E-state index < -0.39 is 16.0 Å². The van der Waals surface area contributed by atoms with Crippen molar-refractivity contribution < 1.29 is 27.8 Å². The minimum atomic E-state index is -3.55. The number of ether oxygens (including phenoxy) is 2. The van der Waals surface area contributed by atoms with Crippen molar-refractivity contribution in [3.05, 3.63) is 23.8 Å². The fraction of sp³-hybridized carbons (Fsp3) is 0.462. The van der Waals surface area contributed by atoms with Crippen LogP contribution < -0.4 is 9.46 Å². The van der Waals surface area contributed by atoms with E-state index in [0.29, 0.717) is 6.61 Å². The first kappa shape index (κ1) is 15.6. The first-order valence-corrected chi connectivity index (χ1v) is 8.10. The van der Waals surface area contributed by atoms with Crippen molar-refractivity contribution >= 4 is 21.7 Å². The zero-order chi connectivity index (χ0) is 15.5. The smallest absolute Gasteiger partial charge is 0.339 e. The number of sulfonamides is 1. The van der Waals surface area contributed by atoms with Crippen LogP contribution in [-0.4, -0.2) is 45.1 Å². The second-order valence-corrected chi connectivity index (χ2v) is 6.51. The van der Waals surface area contributed by atoms with E-state index in [4.69, 9.17) is 14.6 Å². The van der Waals surface area contributed by atoms with E-state index >= 15 is 0 Å². The van der Waals surface area contributed by atoms with Crippen LogP contribution in [0.3, 0.4) is 0 Å². The van der Waals surface area contributed by atoms with Crippen LogP contribution in [0.4, 0.5) is 5.69 Å². The highest BCUT2D eigenvalue weighted by Crippen LogP contribution is 2.24. The molecule has 0 radical (unpaired) electrons. The average molecular weight is 315 g/mol. The van der Waals surface area contributed by atoms with Crippen molar-refractivity contribution in [2.45, 2.75) is 18.9 Å². The second-order valence-electron chi connectivity index (χ2n) is 4.74. The first-order chi connectivity index (χ1) is 9.91. The van der Waals surface area contributed by atoms with Gasteiger partial charge in [0.15, 0.2) is 0 Å². The molecule has 0 aliphatic carbocycles. The Hall–Kier alpha value is -1.80. The van der Waals surface area contributed by atoms with Crippen LogP contribution in [-0.2, 0) is 14.8 Å². The maximum absolute atomic E-state index is 12.0. The third-order valence-electron chi connectivity index (χ3n) is 3.13. The Labute approximate surface area is 122 Å². The Bertz CT molecular complexity index is 622. The lowest BCUT2D eigenvalue weighted by Crippen LogP contribution is -2.25. The van der Waals surface area contributed by atoms with Crippen molar-refractivity contribution in [3.8, 4) is 5.75 Å². The Morgan fingerprint density at radius 2 is 2.29 bits per heavy atom. The lowest BCUT2D eigenvalue weighted by Gasteiger charge is -2.13. The minimum absolute atomic E-state index is 0.0282. The van der Waals surface area contributed by atoms with Gasteiger partial charge in [0.25, 0.3) is 0 Å². The zero-order valence-electron chi connectivity index (χ0n) is 11.5. The molecule has 1 heterocycles. The fourth-order valence-electron chi connectivity index (χ4n) is 2.17. The number of carbonyl (C=O) groups is 1. The van der Waals surface area contributed by atoms with Gasteiger partial charge < -0.3 is 14.6 Å². The standard InChI is InChI=1S/C13H17NO6S/c1-19-12-7-9(4-5-11(12)13(15)16)14-21(17,18)8-10-3-2-6-20-10/h4-5,7,10,14H,2-3,6,8H2,1H3,(H,15,16). The van der Waals surface area contributed by atoms with E-state index in [1.165, 1.54) is 25.3 Å². The summed E-state index contributed by atoms with van der Waals surface area (Å²) in [5, 5.41) is 8.97. The topological polar surface area (TPSA) is 102 Å². The highest BCUT2D eigenvalue weighted by atomic mass is 32.2. The monoisotopic (exact) mass is 315 g/mol. The van der Waals surface area contributed by atoms with Gasteiger partial charge in [-0.15, -0.1) is 0 Å². The number of rotatable bonds is 6. The predicted octanol–water partition coefficient (Wildman–Crippen LogP) is 1.31. The summed E-state index contributed by atoms with van der Waals surface area (Å²) in [6.45, 7) is 0.585. The molecule has 1 aliphatic rings. The SMILES string of the molecule is COc1cc(NS(=O)(=O)CC2CCCO2)ccc1C(=O)O. The van der Waals surface area contributed by atoms with Crippen LogP contribution in [0.25, 0.3) is 0 Å². The summed E-state index contributed by atoms with van der Waals surface area (Å²) in [6.07, 6.45) is 1.30. The van der Waals surface area contributed by atoms with E-state index in [0.717, 1.165) is 12.8 Å². The Kier molecular flexibility index (Phi) is 4.69. The molecular weight excluding hydrogens is 298 g/mol. The van der Waals surface area contributed by atoms with Crippen LogP contribution in [0.2, 0.25) is 0 Å². The molecule has 1 aromatic carbocycles. The van der Waals surface area contributed by atoms with E-state index in [2.05, 4.69) is 4.72 Å². The normalized spacial score (nSPS) is 18.4. The summed E-state index contributed by atoms with van der Waals surface area (Å²) in [5.41, 5.74) is 0.231. The summed E-state index contributed by atoms with van der Waals surface area (Å²) in [6, 6.07) is 4.03. The molecule has 21 heavy (non-hydrogen) atoms. The largest absolute Gasteiger partial charge is 0.496 e. The molecule has 1 unspecified atom stereocenters.